The Morgan fingerprint density at radius 3 is 2.54 bits per heavy atom. The number of carboxylic acids is 1. The van der Waals surface area contributed by atoms with Gasteiger partial charge in [-0.15, -0.1) is 0 Å². The highest BCUT2D eigenvalue weighted by Crippen LogP contribution is 2.43. The van der Waals surface area contributed by atoms with Gasteiger partial charge < -0.3 is 15.2 Å². The highest BCUT2D eigenvalue weighted by Gasteiger charge is 2.41. The first-order valence-corrected chi connectivity index (χ1v) is 12.5. The van der Waals surface area contributed by atoms with E-state index in [4.69, 9.17) is 9.84 Å². The lowest BCUT2D eigenvalue weighted by Gasteiger charge is -2.44. The lowest BCUT2D eigenvalue weighted by molar-refractivity contribution is -0.141. The summed E-state index contributed by atoms with van der Waals surface area (Å²) in [5.74, 6) is -0.609. The quantitative estimate of drug-likeness (QED) is 0.491. The predicted octanol–water partition coefficient (Wildman–Crippen LogP) is 6.65. The average molecular weight is 491 g/mol. The monoisotopic (exact) mass is 490 g/mol. The van der Waals surface area contributed by atoms with Gasteiger partial charge in [0, 0.05) is 12.2 Å². The first kappa shape index (κ1) is 25.3. The van der Waals surface area contributed by atoms with Crippen LogP contribution in [0.15, 0.2) is 36.5 Å². The van der Waals surface area contributed by atoms with Gasteiger partial charge in [0.25, 0.3) is 0 Å². The number of hydrogen-bond donors (Lipinski definition) is 2. The molecule has 1 aromatic carbocycles. The molecule has 1 aromatic heterocycles. The maximum absolute atomic E-state index is 13.3. The number of aliphatic carboxylic acids is 1. The molecule has 1 spiro atoms. The first-order chi connectivity index (χ1) is 16.7. The van der Waals surface area contributed by atoms with Gasteiger partial charge in [-0.25, -0.2) is 4.98 Å². The molecule has 0 radical (unpaired) electrons. The lowest BCUT2D eigenvalue weighted by atomic mass is 9.77. The van der Waals surface area contributed by atoms with E-state index in [0.29, 0.717) is 19.3 Å². The predicted molar refractivity (Wildman–Crippen MR) is 128 cm³/mol. The number of halogens is 3. The minimum Gasteiger partial charge on any atom is -0.487 e. The Morgan fingerprint density at radius 2 is 1.91 bits per heavy atom. The van der Waals surface area contributed by atoms with Crippen LogP contribution in [0.1, 0.15) is 75.0 Å². The third-order valence-corrected chi connectivity index (χ3v) is 6.98. The summed E-state index contributed by atoms with van der Waals surface area (Å²) in [7, 11) is 0. The number of anilines is 1. The van der Waals surface area contributed by atoms with E-state index in [0.717, 1.165) is 48.6 Å². The summed E-state index contributed by atoms with van der Waals surface area (Å²) in [4.78, 5) is 15.1. The molecule has 1 unspecified atom stereocenters. The second-order valence-corrected chi connectivity index (χ2v) is 10.0. The maximum atomic E-state index is 13.3. The standard InChI is InChI=1S/C24H27F3N2O3.C3H6/c1-15(22(30)31)13-16-4-5-17-6-9-23(32-20(17)14-16)10-7-18(8-11-23)29-21-19(24(25,26)27)3-2-12-28-21;1-2-3-1/h2-5,12,14-15,18H,6-11,13H2,1H3,(H,28,29)(H,30,31);1-3H2. The number of nitrogens with zero attached hydrogens (tertiary/aromatic N) is 1. The molecule has 2 N–H and O–H groups in total. The number of rotatable bonds is 5. The summed E-state index contributed by atoms with van der Waals surface area (Å²) in [6.45, 7) is 1.68. The van der Waals surface area contributed by atoms with Crippen LogP contribution in [-0.2, 0) is 23.8 Å². The zero-order valence-corrected chi connectivity index (χ0v) is 20.0. The zero-order valence-electron chi connectivity index (χ0n) is 20.0. The Balaban J connectivity index is 0.000000894. The van der Waals surface area contributed by atoms with Gasteiger partial charge in [0.05, 0.1) is 11.5 Å². The van der Waals surface area contributed by atoms with E-state index in [1.54, 1.807) is 6.92 Å². The van der Waals surface area contributed by atoms with Gasteiger partial charge in [0.15, 0.2) is 0 Å². The van der Waals surface area contributed by atoms with Crippen LogP contribution in [0, 0.1) is 5.92 Å². The van der Waals surface area contributed by atoms with Crippen molar-refractivity contribution >= 4 is 11.8 Å². The summed E-state index contributed by atoms with van der Waals surface area (Å²) in [5, 5.41) is 12.2. The molecule has 0 saturated heterocycles. The molecule has 2 aliphatic carbocycles. The molecule has 8 heteroatoms. The summed E-state index contributed by atoms with van der Waals surface area (Å²) in [6, 6.07) is 8.17. The van der Waals surface area contributed by atoms with E-state index in [2.05, 4.69) is 10.3 Å². The SMILES string of the molecule is C1CC1.CC(Cc1ccc2c(c1)OC1(CC2)CCC(Nc2ncccc2C(F)(F)F)CC1)C(=O)O. The Morgan fingerprint density at radius 1 is 1.20 bits per heavy atom. The smallest absolute Gasteiger partial charge is 0.419 e. The van der Waals surface area contributed by atoms with Gasteiger partial charge in [-0.1, -0.05) is 38.3 Å². The number of fused-ring (bicyclic) bond motifs is 1. The van der Waals surface area contributed by atoms with Crippen LogP contribution in [0.2, 0.25) is 0 Å². The van der Waals surface area contributed by atoms with Crippen molar-refractivity contribution in [3.63, 3.8) is 0 Å². The number of ether oxygens (including phenoxy) is 1. The first-order valence-electron chi connectivity index (χ1n) is 12.5. The summed E-state index contributed by atoms with van der Waals surface area (Å²) < 4.78 is 46.2. The van der Waals surface area contributed by atoms with Crippen molar-refractivity contribution in [1.82, 2.24) is 4.98 Å². The Bertz CT molecular complexity index is 1030. The third kappa shape index (κ3) is 6.67. The van der Waals surface area contributed by atoms with Crippen LogP contribution in [-0.4, -0.2) is 27.7 Å². The fourth-order valence-electron chi connectivity index (χ4n) is 4.70. The van der Waals surface area contributed by atoms with E-state index in [1.807, 2.05) is 18.2 Å². The Kier molecular flexibility index (Phi) is 7.57. The fourth-order valence-corrected chi connectivity index (χ4v) is 4.70. The van der Waals surface area contributed by atoms with E-state index < -0.39 is 23.6 Å². The van der Waals surface area contributed by atoms with Crippen LogP contribution < -0.4 is 10.1 Å². The second kappa shape index (κ2) is 10.5. The van der Waals surface area contributed by atoms with Crippen molar-refractivity contribution in [3.8, 4) is 5.75 Å². The molecule has 2 aromatic rings. The van der Waals surface area contributed by atoms with Gasteiger partial charge in [-0.2, -0.15) is 13.2 Å². The third-order valence-electron chi connectivity index (χ3n) is 6.98. The molecular weight excluding hydrogens is 457 g/mol. The lowest BCUT2D eigenvalue weighted by Crippen LogP contribution is -2.45. The van der Waals surface area contributed by atoms with Gasteiger partial charge >= 0.3 is 12.1 Å². The number of pyridine rings is 1. The molecule has 1 atom stereocenters. The maximum Gasteiger partial charge on any atom is 0.419 e. The van der Waals surface area contributed by atoms with E-state index in [-0.39, 0.29) is 17.5 Å². The molecule has 2 heterocycles. The van der Waals surface area contributed by atoms with E-state index >= 15 is 0 Å². The largest absolute Gasteiger partial charge is 0.487 e. The number of hydrogen-bond acceptors (Lipinski definition) is 4. The molecule has 190 valence electrons. The van der Waals surface area contributed by atoms with Crippen molar-refractivity contribution < 1.29 is 27.8 Å². The van der Waals surface area contributed by atoms with Crippen molar-refractivity contribution in [3.05, 3.63) is 53.2 Å². The van der Waals surface area contributed by atoms with E-state index in [9.17, 15) is 18.0 Å². The summed E-state index contributed by atoms with van der Waals surface area (Å²) >= 11 is 0. The average Bonchev–Trinajstić information content (AvgIpc) is 3.70. The number of nitrogens with one attached hydrogen (secondary N) is 1. The molecule has 1 aliphatic heterocycles. The zero-order chi connectivity index (χ0) is 25.1. The Hall–Kier alpha value is -2.77. The molecule has 35 heavy (non-hydrogen) atoms. The highest BCUT2D eigenvalue weighted by molar-refractivity contribution is 5.70. The molecule has 3 aliphatic rings. The second-order valence-electron chi connectivity index (χ2n) is 10.0. The number of carbonyl (C=O) groups is 1. The number of alkyl halides is 3. The normalized spacial score (nSPS) is 23.8. The molecule has 5 rings (SSSR count). The van der Waals surface area contributed by atoms with Crippen LogP contribution in [0.25, 0.3) is 0 Å². The summed E-state index contributed by atoms with van der Waals surface area (Å²) in [6.07, 6.45) is 6.48. The molecule has 5 nitrogen and oxygen atoms in total. The van der Waals surface area contributed by atoms with Crippen LogP contribution in [0.4, 0.5) is 19.0 Å². The minimum atomic E-state index is -4.45. The molecule has 2 fully saturated rings. The van der Waals surface area contributed by atoms with Gasteiger partial charge in [-0.05, 0) is 74.3 Å². The fraction of sp³-hybridized carbons (Fsp3) is 0.556. The number of aromatic nitrogens is 1. The molecule has 0 amide bonds. The van der Waals surface area contributed by atoms with Crippen LogP contribution in [0.3, 0.4) is 0 Å². The van der Waals surface area contributed by atoms with Crippen LogP contribution in [0.5, 0.6) is 5.75 Å². The van der Waals surface area contributed by atoms with Gasteiger partial charge in [-0.3, -0.25) is 4.79 Å². The van der Waals surface area contributed by atoms with Gasteiger partial charge in [0.2, 0.25) is 0 Å². The van der Waals surface area contributed by atoms with Gasteiger partial charge in [0.1, 0.15) is 17.2 Å². The molecular formula is C27H33F3N2O3. The summed E-state index contributed by atoms with van der Waals surface area (Å²) in [5.41, 5.74) is 0.983. The molecule has 0 bridgehead atoms. The van der Waals surface area contributed by atoms with Crippen LogP contribution >= 0.6 is 0 Å². The number of carboxylic acid groups (broad SMARTS) is 1. The highest BCUT2D eigenvalue weighted by atomic mass is 19.4. The van der Waals surface area contributed by atoms with Crippen molar-refractivity contribution in [2.24, 2.45) is 5.92 Å². The Labute approximate surface area is 204 Å². The topological polar surface area (TPSA) is 71.5 Å². The minimum absolute atomic E-state index is 0.0932. The van der Waals surface area contributed by atoms with E-state index in [1.165, 1.54) is 31.5 Å². The van der Waals surface area contributed by atoms with Crippen molar-refractivity contribution in [1.29, 1.82) is 0 Å². The number of aryl methyl sites for hydroxylation is 1. The molecule has 2 saturated carbocycles. The van der Waals surface area contributed by atoms with Crippen molar-refractivity contribution in [2.75, 3.05) is 5.32 Å². The number of benzene rings is 1. The van der Waals surface area contributed by atoms with Crippen molar-refractivity contribution in [2.45, 2.75) is 89.0 Å².